The fourth-order valence-corrected chi connectivity index (χ4v) is 1.01. The third kappa shape index (κ3) is 3.38. The number of carboxylic acid groups (broad SMARTS) is 1. The number of hydrogen-bond acceptors (Lipinski definition) is 5. The molecule has 0 aliphatic heterocycles. The van der Waals surface area contributed by atoms with Gasteiger partial charge in [0.15, 0.2) is 0 Å². The molecule has 0 spiro atoms. The van der Waals surface area contributed by atoms with Crippen LogP contribution in [0.5, 0.6) is 0 Å². The molecule has 0 saturated heterocycles. The summed E-state index contributed by atoms with van der Waals surface area (Å²) in [6.45, 7) is 1.99. The Morgan fingerprint density at radius 3 is 2.88 bits per heavy atom. The SMILES string of the molecule is CC(CNc1ccnc(N(C)C)n1)C(=O)O. The third-order valence-corrected chi connectivity index (χ3v) is 2.05. The Morgan fingerprint density at radius 1 is 1.62 bits per heavy atom. The largest absolute Gasteiger partial charge is 0.481 e. The average Bonchev–Trinajstić information content (AvgIpc) is 2.26. The molecule has 0 aliphatic rings. The summed E-state index contributed by atoms with van der Waals surface area (Å²) in [4.78, 5) is 20.7. The van der Waals surface area contributed by atoms with E-state index >= 15 is 0 Å². The summed E-state index contributed by atoms with van der Waals surface area (Å²) in [5.74, 6) is -0.0491. The van der Waals surface area contributed by atoms with Crippen molar-refractivity contribution in [1.29, 1.82) is 0 Å². The number of rotatable bonds is 5. The fraction of sp³-hybridized carbons (Fsp3) is 0.500. The molecule has 1 rings (SSSR count). The average molecular weight is 224 g/mol. The number of hydrogen-bond donors (Lipinski definition) is 2. The van der Waals surface area contributed by atoms with E-state index in [0.29, 0.717) is 18.3 Å². The molecule has 88 valence electrons. The van der Waals surface area contributed by atoms with E-state index < -0.39 is 11.9 Å². The molecule has 0 saturated carbocycles. The topological polar surface area (TPSA) is 78.4 Å². The van der Waals surface area contributed by atoms with Gasteiger partial charge in [0.1, 0.15) is 5.82 Å². The van der Waals surface area contributed by atoms with Gasteiger partial charge in [0.25, 0.3) is 0 Å². The van der Waals surface area contributed by atoms with Crippen molar-refractivity contribution in [3.63, 3.8) is 0 Å². The summed E-state index contributed by atoms with van der Waals surface area (Å²) >= 11 is 0. The van der Waals surface area contributed by atoms with E-state index in [1.54, 1.807) is 24.1 Å². The van der Waals surface area contributed by atoms with Gasteiger partial charge >= 0.3 is 5.97 Å². The predicted molar refractivity (Wildman–Crippen MR) is 61.6 cm³/mol. The normalized spacial score (nSPS) is 11.9. The highest BCUT2D eigenvalue weighted by atomic mass is 16.4. The van der Waals surface area contributed by atoms with E-state index in [9.17, 15) is 4.79 Å². The Balaban J connectivity index is 2.60. The van der Waals surface area contributed by atoms with Gasteiger partial charge in [-0.05, 0) is 6.07 Å². The van der Waals surface area contributed by atoms with E-state index in [-0.39, 0.29) is 0 Å². The van der Waals surface area contributed by atoms with Crippen molar-refractivity contribution in [1.82, 2.24) is 9.97 Å². The zero-order valence-corrected chi connectivity index (χ0v) is 9.64. The molecule has 2 N–H and O–H groups in total. The second-order valence-electron chi connectivity index (χ2n) is 3.76. The lowest BCUT2D eigenvalue weighted by atomic mass is 10.2. The van der Waals surface area contributed by atoms with Gasteiger partial charge in [-0.3, -0.25) is 4.79 Å². The first-order chi connectivity index (χ1) is 7.50. The summed E-state index contributed by atoms with van der Waals surface area (Å²) in [6, 6.07) is 1.71. The number of aromatic nitrogens is 2. The Hall–Kier alpha value is -1.85. The molecule has 0 radical (unpaired) electrons. The van der Waals surface area contributed by atoms with Crippen molar-refractivity contribution in [3.8, 4) is 0 Å². The minimum atomic E-state index is -0.825. The molecular formula is C10H16N4O2. The van der Waals surface area contributed by atoms with Crippen LogP contribution >= 0.6 is 0 Å². The van der Waals surface area contributed by atoms with Crippen molar-refractivity contribution in [2.75, 3.05) is 30.9 Å². The molecule has 0 bridgehead atoms. The van der Waals surface area contributed by atoms with Crippen LogP contribution in [-0.4, -0.2) is 41.7 Å². The Labute approximate surface area is 94.3 Å². The first kappa shape index (κ1) is 12.2. The van der Waals surface area contributed by atoms with Crippen molar-refractivity contribution in [2.45, 2.75) is 6.92 Å². The van der Waals surface area contributed by atoms with Crippen LogP contribution in [0.3, 0.4) is 0 Å². The first-order valence-corrected chi connectivity index (χ1v) is 4.97. The van der Waals surface area contributed by atoms with Crippen LogP contribution < -0.4 is 10.2 Å². The molecule has 0 aromatic carbocycles. The minimum absolute atomic E-state index is 0.346. The molecule has 1 atom stereocenters. The van der Waals surface area contributed by atoms with E-state index in [1.807, 2.05) is 14.1 Å². The van der Waals surface area contributed by atoms with Gasteiger partial charge in [-0.25, -0.2) is 4.98 Å². The number of carbonyl (C=O) groups is 1. The molecular weight excluding hydrogens is 208 g/mol. The van der Waals surface area contributed by atoms with Gasteiger partial charge in [0, 0.05) is 26.8 Å². The van der Waals surface area contributed by atoms with Gasteiger partial charge in [-0.1, -0.05) is 6.92 Å². The highest BCUT2D eigenvalue weighted by Crippen LogP contribution is 2.08. The summed E-state index contributed by atoms with van der Waals surface area (Å²) in [5.41, 5.74) is 0. The lowest BCUT2D eigenvalue weighted by Gasteiger charge is -2.12. The standard InChI is InChI=1S/C10H16N4O2/c1-7(9(15)16)6-12-8-4-5-11-10(13-8)14(2)3/h4-5,7H,6H2,1-3H3,(H,15,16)(H,11,12,13). The van der Waals surface area contributed by atoms with Gasteiger partial charge in [0.05, 0.1) is 5.92 Å². The number of aliphatic carboxylic acids is 1. The van der Waals surface area contributed by atoms with Gasteiger partial charge in [0.2, 0.25) is 5.95 Å². The summed E-state index contributed by atoms with van der Waals surface area (Å²) < 4.78 is 0. The Kier molecular flexibility index (Phi) is 4.04. The molecule has 1 aromatic rings. The second kappa shape index (κ2) is 5.29. The van der Waals surface area contributed by atoms with E-state index in [2.05, 4.69) is 15.3 Å². The third-order valence-electron chi connectivity index (χ3n) is 2.05. The zero-order chi connectivity index (χ0) is 12.1. The van der Waals surface area contributed by atoms with Gasteiger partial charge in [-0.2, -0.15) is 4.98 Å². The Morgan fingerprint density at radius 2 is 2.31 bits per heavy atom. The molecule has 0 amide bonds. The molecule has 1 aromatic heterocycles. The summed E-state index contributed by atoms with van der Waals surface area (Å²) in [7, 11) is 3.69. The maximum atomic E-state index is 10.6. The quantitative estimate of drug-likeness (QED) is 0.765. The lowest BCUT2D eigenvalue weighted by Crippen LogP contribution is -2.20. The van der Waals surface area contributed by atoms with E-state index in [0.717, 1.165) is 0 Å². The molecule has 16 heavy (non-hydrogen) atoms. The van der Waals surface area contributed by atoms with E-state index in [4.69, 9.17) is 5.11 Å². The molecule has 0 fully saturated rings. The Bertz CT molecular complexity index is 368. The van der Waals surface area contributed by atoms with Crippen LogP contribution in [0.25, 0.3) is 0 Å². The molecule has 6 nitrogen and oxygen atoms in total. The monoisotopic (exact) mass is 224 g/mol. The van der Waals surface area contributed by atoms with Crippen molar-refractivity contribution < 1.29 is 9.90 Å². The second-order valence-corrected chi connectivity index (χ2v) is 3.76. The summed E-state index contributed by atoms with van der Waals surface area (Å²) in [5, 5.41) is 11.7. The van der Waals surface area contributed by atoms with Crippen LogP contribution in [0.1, 0.15) is 6.92 Å². The lowest BCUT2D eigenvalue weighted by molar-refractivity contribution is -0.140. The number of nitrogens with one attached hydrogen (secondary N) is 1. The van der Waals surface area contributed by atoms with Crippen molar-refractivity contribution in [2.24, 2.45) is 5.92 Å². The number of anilines is 2. The maximum Gasteiger partial charge on any atom is 0.308 e. The first-order valence-electron chi connectivity index (χ1n) is 4.97. The molecule has 0 aliphatic carbocycles. The van der Waals surface area contributed by atoms with Crippen LogP contribution in [0.2, 0.25) is 0 Å². The maximum absolute atomic E-state index is 10.6. The zero-order valence-electron chi connectivity index (χ0n) is 9.64. The van der Waals surface area contributed by atoms with Crippen molar-refractivity contribution >= 4 is 17.7 Å². The molecule has 1 heterocycles. The van der Waals surface area contributed by atoms with E-state index in [1.165, 1.54) is 0 Å². The van der Waals surface area contributed by atoms with Crippen LogP contribution in [0.4, 0.5) is 11.8 Å². The van der Waals surface area contributed by atoms with Crippen molar-refractivity contribution in [3.05, 3.63) is 12.3 Å². The van der Waals surface area contributed by atoms with Gasteiger partial charge in [-0.15, -0.1) is 0 Å². The smallest absolute Gasteiger partial charge is 0.308 e. The number of carboxylic acids is 1. The van der Waals surface area contributed by atoms with Gasteiger partial charge < -0.3 is 15.3 Å². The van der Waals surface area contributed by atoms with Crippen LogP contribution in [0, 0.1) is 5.92 Å². The van der Waals surface area contributed by atoms with Crippen LogP contribution in [0.15, 0.2) is 12.3 Å². The minimum Gasteiger partial charge on any atom is -0.481 e. The summed E-state index contributed by atoms with van der Waals surface area (Å²) in [6.07, 6.45) is 1.64. The van der Waals surface area contributed by atoms with Crippen LogP contribution in [-0.2, 0) is 4.79 Å². The predicted octanol–water partition coefficient (Wildman–Crippen LogP) is 0.675. The number of nitrogens with zero attached hydrogens (tertiary/aromatic N) is 3. The molecule has 1 unspecified atom stereocenters. The highest BCUT2D eigenvalue weighted by molar-refractivity contribution is 5.70. The molecule has 6 heteroatoms. The highest BCUT2D eigenvalue weighted by Gasteiger charge is 2.10. The fourth-order valence-electron chi connectivity index (χ4n) is 1.01.